The molecule has 1 atom stereocenters. The van der Waals surface area contributed by atoms with E-state index in [-0.39, 0.29) is 11.5 Å². The highest BCUT2D eigenvalue weighted by atomic mass is 16.5. The summed E-state index contributed by atoms with van der Waals surface area (Å²) < 4.78 is 10.7. The largest absolute Gasteiger partial charge is 0.497 e. The quantitative estimate of drug-likeness (QED) is 0.911. The van der Waals surface area contributed by atoms with Gasteiger partial charge in [-0.2, -0.15) is 0 Å². The molecule has 0 saturated carbocycles. The summed E-state index contributed by atoms with van der Waals surface area (Å²) >= 11 is 0. The van der Waals surface area contributed by atoms with E-state index in [0.29, 0.717) is 0 Å². The summed E-state index contributed by atoms with van der Waals surface area (Å²) in [6, 6.07) is 15.9. The van der Waals surface area contributed by atoms with Crippen LogP contribution in [-0.4, -0.2) is 14.2 Å². The molecule has 0 aliphatic rings. The molecule has 0 aromatic heterocycles. The highest BCUT2D eigenvalue weighted by Gasteiger charge is 2.30. The van der Waals surface area contributed by atoms with Crippen molar-refractivity contribution in [2.75, 3.05) is 14.2 Å². The van der Waals surface area contributed by atoms with E-state index in [1.165, 1.54) is 5.56 Å². The first-order chi connectivity index (χ1) is 9.98. The summed E-state index contributed by atoms with van der Waals surface area (Å²) in [5.41, 5.74) is 8.55. The summed E-state index contributed by atoms with van der Waals surface area (Å²) in [4.78, 5) is 0. The van der Waals surface area contributed by atoms with E-state index in [1.54, 1.807) is 14.2 Å². The van der Waals surface area contributed by atoms with Gasteiger partial charge in [-0.3, -0.25) is 0 Å². The maximum absolute atomic E-state index is 6.54. The van der Waals surface area contributed by atoms with Crippen LogP contribution in [0.15, 0.2) is 48.5 Å². The molecule has 3 nitrogen and oxygen atoms in total. The highest BCUT2D eigenvalue weighted by Crippen LogP contribution is 2.37. The first-order valence-electron chi connectivity index (χ1n) is 7.03. The smallest absolute Gasteiger partial charge is 0.122 e. The van der Waals surface area contributed by atoms with Crippen LogP contribution in [0.2, 0.25) is 0 Å². The van der Waals surface area contributed by atoms with Crippen LogP contribution >= 0.6 is 0 Å². The van der Waals surface area contributed by atoms with Crippen LogP contribution in [0.25, 0.3) is 0 Å². The Kier molecular flexibility index (Phi) is 4.53. The van der Waals surface area contributed by atoms with Crippen LogP contribution in [-0.2, 0) is 5.41 Å². The SMILES string of the molecule is COc1cc(OC)cc(C(N)C(C)(C)c2ccccc2)c1. The Hall–Kier alpha value is -2.00. The molecule has 0 amide bonds. The standard InChI is InChI=1S/C18H23NO2/c1-18(2,14-8-6-5-7-9-14)17(19)13-10-15(20-3)12-16(11-13)21-4/h5-12,17H,19H2,1-4H3. The van der Waals surface area contributed by atoms with Crippen LogP contribution in [0.4, 0.5) is 0 Å². The van der Waals surface area contributed by atoms with Gasteiger partial charge >= 0.3 is 0 Å². The predicted molar refractivity (Wildman–Crippen MR) is 85.9 cm³/mol. The molecule has 21 heavy (non-hydrogen) atoms. The fourth-order valence-electron chi connectivity index (χ4n) is 2.47. The van der Waals surface area contributed by atoms with E-state index in [2.05, 4.69) is 26.0 Å². The second kappa shape index (κ2) is 6.19. The maximum atomic E-state index is 6.54. The zero-order chi connectivity index (χ0) is 15.5. The number of benzene rings is 2. The van der Waals surface area contributed by atoms with Crippen molar-refractivity contribution in [2.24, 2.45) is 5.73 Å². The number of methoxy groups -OCH3 is 2. The van der Waals surface area contributed by atoms with E-state index in [1.807, 2.05) is 36.4 Å². The lowest BCUT2D eigenvalue weighted by Gasteiger charge is -2.33. The van der Waals surface area contributed by atoms with E-state index in [9.17, 15) is 0 Å². The molecule has 0 radical (unpaired) electrons. The normalized spacial score (nSPS) is 12.8. The fraction of sp³-hybridized carbons (Fsp3) is 0.333. The van der Waals surface area contributed by atoms with E-state index in [0.717, 1.165) is 17.1 Å². The Morgan fingerprint density at radius 3 is 1.90 bits per heavy atom. The van der Waals surface area contributed by atoms with Crippen molar-refractivity contribution >= 4 is 0 Å². The number of rotatable bonds is 5. The van der Waals surface area contributed by atoms with Gasteiger partial charge in [0.1, 0.15) is 11.5 Å². The molecule has 0 heterocycles. The van der Waals surface area contributed by atoms with Gasteiger partial charge in [-0.15, -0.1) is 0 Å². The number of ether oxygens (including phenoxy) is 2. The van der Waals surface area contributed by atoms with Gasteiger partial charge in [-0.1, -0.05) is 44.2 Å². The Labute approximate surface area is 126 Å². The molecule has 112 valence electrons. The monoisotopic (exact) mass is 285 g/mol. The molecule has 0 saturated heterocycles. The van der Waals surface area contributed by atoms with Crippen molar-refractivity contribution < 1.29 is 9.47 Å². The Morgan fingerprint density at radius 1 is 0.905 bits per heavy atom. The molecule has 0 aliphatic carbocycles. The summed E-state index contributed by atoms with van der Waals surface area (Å²) in [6.07, 6.45) is 0. The van der Waals surface area contributed by atoms with Gasteiger partial charge in [0.2, 0.25) is 0 Å². The van der Waals surface area contributed by atoms with Crippen molar-refractivity contribution in [3.05, 3.63) is 59.7 Å². The summed E-state index contributed by atoms with van der Waals surface area (Å²) in [5, 5.41) is 0. The van der Waals surface area contributed by atoms with Gasteiger partial charge in [0.25, 0.3) is 0 Å². The lowest BCUT2D eigenvalue weighted by Crippen LogP contribution is -2.33. The lowest BCUT2D eigenvalue weighted by molar-refractivity contribution is 0.385. The molecule has 2 aromatic carbocycles. The van der Waals surface area contributed by atoms with Crippen molar-refractivity contribution in [3.8, 4) is 11.5 Å². The molecule has 0 bridgehead atoms. The minimum absolute atomic E-state index is 0.163. The van der Waals surface area contributed by atoms with Gasteiger partial charge in [0.05, 0.1) is 14.2 Å². The van der Waals surface area contributed by atoms with Crippen LogP contribution in [0.5, 0.6) is 11.5 Å². The van der Waals surface area contributed by atoms with Gasteiger partial charge in [0, 0.05) is 17.5 Å². The Balaban J connectivity index is 2.41. The van der Waals surface area contributed by atoms with Crippen LogP contribution in [0, 0.1) is 0 Å². The molecule has 2 N–H and O–H groups in total. The molecular formula is C18H23NO2. The number of nitrogens with two attached hydrogens (primary N) is 1. The molecule has 0 aliphatic heterocycles. The molecule has 1 unspecified atom stereocenters. The molecule has 0 spiro atoms. The summed E-state index contributed by atoms with van der Waals surface area (Å²) in [6.45, 7) is 4.30. The molecule has 0 fully saturated rings. The zero-order valence-corrected chi connectivity index (χ0v) is 13.1. The van der Waals surface area contributed by atoms with Crippen molar-refractivity contribution in [1.29, 1.82) is 0 Å². The molecule has 2 aromatic rings. The Bertz CT molecular complexity index is 571. The highest BCUT2D eigenvalue weighted by molar-refractivity contribution is 5.42. The second-order valence-corrected chi connectivity index (χ2v) is 5.71. The second-order valence-electron chi connectivity index (χ2n) is 5.71. The van der Waals surface area contributed by atoms with Crippen LogP contribution in [0.1, 0.15) is 31.0 Å². The van der Waals surface area contributed by atoms with E-state index < -0.39 is 0 Å². The summed E-state index contributed by atoms with van der Waals surface area (Å²) in [7, 11) is 3.29. The van der Waals surface area contributed by atoms with Crippen LogP contribution < -0.4 is 15.2 Å². The maximum Gasteiger partial charge on any atom is 0.122 e. The molecule has 3 heteroatoms. The van der Waals surface area contributed by atoms with Gasteiger partial charge in [-0.25, -0.2) is 0 Å². The van der Waals surface area contributed by atoms with Gasteiger partial charge < -0.3 is 15.2 Å². The number of hydrogen-bond acceptors (Lipinski definition) is 3. The average molecular weight is 285 g/mol. The lowest BCUT2D eigenvalue weighted by atomic mass is 9.75. The number of hydrogen-bond donors (Lipinski definition) is 1. The van der Waals surface area contributed by atoms with Crippen molar-refractivity contribution in [1.82, 2.24) is 0 Å². The third-order valence-corrected chi connectivity index (χ3v) is 4.03. The molecule has 2 rings (SSSR count). The fourth-order valence-corrected chi connectivity index (χ4v) is 2.47. The Morgan fingerprint density at radius 2 is 1.43 bits per heavy atom. The van der Waals surface area contributed by atoms with Gasteiger partial charge in [0.15, 0.2) is 0 Å². The first kappa shape index (κ1) is 15.4. The summed E-state index contributed by atoms with van der Waals surface area (Å²) in [5.74, 6) is 1.51. The average Bonchev–Trinajstić information content (AvgIpc) is 2.54. The minimum Gasteiger partial charge on any atom is -0.497 e. The van der Waals surface area contributed by atoms with Gasteiger partial charge in [-0.05, 0) is 23.3 Å². The minimum atomic E-state index is -0.196. The topological polar surface area (TPSA) is 44.5 Å². The molecular weight excluding hydrogens is 262 g/mol. The predicted octanol–water partition coefficient (Wildman–Crippen LogP) is 3.68. The first-order valence-corrected chi connectivity index (χ1v) is 7.03. The third kappa shape index (κ3) is 3.19. The zero-order valence-electron chi connectivity index (χ0n) is 13.1. The van der Waals surface area contributed by atoms with Crippen molar-refractivity contribution in [2.45, 2.75) is 25.3 Å². The van der Waals surface area contributed by atoms with Crippen molar-refractivity contribution in [3.63, 3.8) is 0 Å². The third-order valence-electron chi connectivity index (χ3n) is 4.03. The van der Waals surface area contributed by atoms with E-state index >= 15 is 0 Å². The van der Waals surface area contributed by atoms with E-state index in [4.69, 9.17) is 15.2 Å². The van der Waals surface area contributed by atoms with Crippen LogP contribution in [0.3, 0.4) is 0 Å².